The van der Waals surface area contributed by atoms with E-state index in [2.05, 4.69) is 15.3 Å². The first-order valence-corrected chi connectivity index (χ1v) is 6.46. The van der Waals surface area contributed by atoms with Crippen molar-refractivity contribution in [2.24, 2.45) is 0 Å². The summed E-state index contributed by atoms with van der Waals surface area (Å²) in [4.78, 5) is 20.4. The van der Waals surface area contributed by atoms with Crippen LogP contribution in [-0.4, -0.2) is 15.9 Å². The quantitative estimate of drug-likeness (QED) is 0.803. The van der Waals surface area contributed by atoms with Gasteiger partial charge in [-0.1, -0.05) is 12.1 Å². The predicted octanol–water partition coefficient (Wildman–Crippen LogP) is 2.70. The molecule has 0 aliphatic rings. The second-order valence-corrected chi connectivity index (χ2v) is 4.57. The smallest absolute Gasteiger partial charge is 0.251 e. The van der Waals surface area contributed by atoms with Gasteiger partial charge in [0.15, 0.2) is 0 Å². The molecule has 0 unspecified atom stereocenters. The van der Waals surface area contributed by atoms with E-state index in [1.54, 1.807) is 42.7 Å². The standard InChI is InChI=1S/C16H12FN3O/c17-13-4-1-11(2-5-13)10-20-16(21)12-3-6-14-15(9-12)19-8-7-18-14/h1-9H,10H2,(H,20,21). The fourth-order valence-electron chi connectivity index (χ4n) is 1.99. The van der Waals surface area contributed by atoms with Gasteiger partial charge in [-0.15, -0.1) is 0 Å². The molecule has 3 rings (SSSR count). The summed E-state index contributed by atoms with van der Waals surface area (Å²) in [7, 11) is 0. The van der Waals surface area contributed by atoms with Crippen LogP contribution >= 0.6 is 0 Å². The highest BCUT2D eigenvalue weighted by Gasteiger charge is 2.07. The molecule has 0 atom stereocenters. The van der Waals surface area contributed by atoms with E-state index < -0.39 is 0 Å². The number of carbonyl (C=O) groups is 1. The van der Waals surface area contributed by atoms with Gasteiger partial charge in [-0.3, -0.25) is 14.8 Å². The van der Waals surface area contributed by atoms with E-state index >= 15 is 0 Å². The Bertz CT molecular complexity index is 787. The highest BCUT2D eigenvalue weighted by atomic mass is 19.1. The monoisotopic (exact) mass is 281 g/mol. The maximum atomic E-state index is 12.8. The molecule has 0 fully saturated rings. The average molecular weight is 281 g/mol. The predicted molar refractivity (Wildman–Crippen MR) is 77.1 cm³/mol. The van der Waals surface area contributed by atoms with Gasteiger partial charge in [-0.25, -0.2) is 4.39 Å². The van der Waals surface area contributed by atoms with Gasteiger partial charge in [-0.05, 0) is 35.9 Å². The number of nitrogens with one attached hydrogen (secondary N) is 1. The van der Waals surface area contributed by atoms with Gasteiger partial charge in [0.1, 0.15) is 5.82 Å². The zero-order valence-electron chi connectivity index (χ0n) is 11.1. The van der Waals surface area contributed by atoms with E-state index in [4.69, 9.17) is 0 Å². The van der Waals surface area contributed by atoms with E-state index in [9.17, 15) is 9.18 Å². The summed E-state index contributed by atoms with van der Waals surface area (Å²) in [5.74, 6) is -0.495. The van der Waals surface area contributed by atoms with Gasteiger partial charge in [-0.2, -0.15) is 0 Å². The third-order valence-corrected chi connectivity index (χ3v) is 3.10. The van der Waals surface area contributed by atoms with Crippen molar-refractivity contribution in [2.75, 3.05) is 0 Å². The van der Waals surface area contributed by atoms with Crippen LogP contribution in [0.1, 0.15) is 15.9 Å². The molecule has 0 bridgehead atoms. The summed E-state index contributed by atoms with van der Waals surface area (Å²) in [6, 6.07) is 11.2. The van der Waals surface area contributed by atoms with Crippen molar-refractivity contribution in [3.8, 4) is 0 Å². The highest BCUT2D eigenvalue weighted by molar-refractivity contribution is 5.97. The normalized spacial score (nSPS) is 10.5. The van der Waals surface area contributed by atoms with Gasteiger partial charge in [0.05, 0.1) is 11.0 Å². The van der Waals surface area contributed by atoms with Crippen molar-refractivity contribution in [1.29, 1.82) is 0 Å². The van der Waals surface area contributed by atoms with E-state index in [-0.39, 0.29) is 11.7 Å². The molecule has 0 saturated carbocycles. The lowest BCUT2D eigenvalue weighted by atomic mass is 10.1. The van der Waals surface area contributed by atoms with E-state index in [1.165, 1.54) is 12.1 Å². The molecule has 4 nitrogen and oxygen atoms in total. The van der Waals surface area contributed by atoms with Crippen molar-refractivity contribution >= 4 is 16.9 Å². The van der Waals surface area contributed by atoms with Crippen LogP contribution in [0.5, 0.6) is 0 Å². The second kappa shape index (κ2) is 5.66. The molecule has 3 aromatic rings. The Morgan fingerprint density at radius 3 is 2.48 bits per heavy atom. The molecule has 0 saturated heterocycles. The van der Waals surface area contributed by atoms with E-state index in [1.807, 2.05) is 0 Å². The average Bonchev–Trinajstić information content (AvgIpc) is 2.53. The highest BCUT2D eigenvalue weighted by Crippen LogP contribution is 2.11. The summed E-state index contributed by atoms with van der Waals surface area (Å²) in [6.45, 7) is 0.345. The summed E-state index contributed by atoms with van der Waals surface area (Å²) in [5, 5.41) is 2.79. The lowest BCUT2D eigenvalue weighted by Crippen LogP contribution is -2.22. The van der Waals surface area contributed by atoms with Crippen molar-refractivity contribution in [1.82, 2.24) is 15.3 Å². The summed E-state index contributed by atoms with van der Waals surface area (Å²) >= 11 is 0. The minimum absolute atomic E-state index is 0.202. The fourth-order valence-corrected chi connectivity index (χ4v) is 1.99. The molecule has 1 N–H and O–H groups in total. The summed E-state index contributed by atoms with van der Waals surface area (Å²) < 4.78 is 12.8. The minimum atomic E-state index is -0.293. The number of nitrogens with zero attached hydrogens (tertiary/aromatic N) is 2. The topological polar surface area (TPSA) is 54.9 Å². The number of aromatic nitrogens is 2. The third-order valence-electron chi connectivity index (χ3n) is 3.10. The number of carbonyl (C=O) groups excluding carboxylic acids is 1. The molecule has 0 spiro atoms. The first-order valence-electron chi connectivity index (χ1n) is 6.46. The maximum absolute atomic E-state index is 12.8. The van der Waals surface area contributed by atoms with Gasteiger partial charge in [0.2, 0.25) is 0 Å². The number of hydrogen-bond acceptors (Lipinski definition) is 3. The lowest BCUT2D eigenvalue weighted by Gasteiger charge is -2.06. The Kier molecular flexibility index (Phi) is 3.55. The fraction of sp³-hybridized carbons (Fsp3) is 0.0625. The third kappa shape index (κ3) is 3.02. The van der Waals surface area contributed by atoms with Crippen LogP contribution in [-0.2, 0) is 6.54 Å². The molecular weight excluding hydrogens is 269 g/mol. The van der Waals surface area contributed by atoms with Gasteiger partial charge >= 0.3 is 0 Å². The number of amides is 1. The SMILES string of the molecule is O=C(NCc1ccc(F)cc1)c1ccc2nccnc2c1. The van der Waals surface area contributed by atoms with Crippen molar-refractivity contribution in [3.63, 3.8) is 0 Å². The van der Waals surface area contributed by atoms with Crippen LogP contribution in [0.4, 0.5) is 4.39 Å². The molecular formula is C16H12FN3O. The number of fused-ring (bicyclic) bond motifs is 1. The van der Waals surface area contributed by atoms with Crippen LogP contribution in [0.2, 0.25) is 0 Å². The molecule has 21 heavy (non-hydrogen) atoms. The van der Waals surface area contributed by atoms with Crippen molar-refractivity contribution in [2.45, 2.75) is 6.54 Å². The Hall–Kier alpha value is -2.82. The number of hydrogen-bond donors (Lipinski definition) is 1. The maximum Gasteiger partial charge on any atom is 0.251 e. The van der Waals surface area contributed by atoms with Crippen LogP contribution in [0.15, 0.2) is 54.9 Å². The van der Waals surface area contributed by atoms with Crippen LogP contribution < -0.4 is 5.32 Å². The Balaban J connectivity index is 1.73. The first kappa shape index (κ1) is 13.2. The number of halogens is 1. The molecule has 0 radical (unpaired) electrons. The zero-order chi connectivity index (χ0) is 14.7. The molecule has 1 aromatic heterocycles. The molecule has 5 heteroatoms. The molecule has 1 amide bonds. The van der Waals surface area contributed by atoms with Crippen LogP contribution in [0.3, 0.4) is 0 Å². The van der Waals surface area contributed by atoms with Crippen LogP contribution in [0, 0.1) is 5.82 Å². The largest absolute Gasteiger partial charge is 0.348 e. The lowest BCUT2D eigenvalue weighted by molar-refractivity contribution is 0.0951. The summed E-state index contributed by atoms with van der Waals surface area (Å²) in [5.41, 5.74) is 2.77. The zero-order valence-corrected chi connectivity index (χ0v) is 11.1. The molecule has 1 heterocycles. The Labute approximate surface area is 120 Å². The minimum Gasteiger partial charge on any atom is -0.348 e. The molecule has 0 aliphatic heterocycles. The van der Waals surface area contributed by atoms with Crippen molar-refractivity contribution in [3.05, 3.63) is 71.8 Å². The van der Waals surface area contributed by atoms with Gasteiger partial charge in [0, 0.05) is 24.5 Å². The number of benzene rings is 2. The van der Waals surface area contributed by atoms with Crippen LogP contribution in [0.25, 0.3) is 11.0 Å². The Morgan fingerprint density at radius 1 is 1.00 bits per heavy atom. The van der Waals surface area contributed by atoms with Gasteiger partial charge in [0.25, 0.3) is 5.91 Å². The molecule has 2 aromatic carbocycles. The van der Waals surface area contributed by atoms with Crippen molar-refractivity contribution < 1.29 is 9.18 Å². The first-order chi connectivity index (χ1) is 10.2. The second-order valence-electron chi connectivity index (χ2n) is 4.57. The number of rotatable bonds is 3. The van der Waals surface area contributed by atoms with E-state index in [0.29, 0.717) is 17.6 Å². The summed E-state index contributed by atoms with van der Waals surface area (Å²) in [6.07, 6.45) is 3.19. The van der Waals surface area contributed by atoms with Gasteiger partial charge < -0.3 is 5.32 Å². The Morgan fingerprint density at radius 2 is 1.71 bits per heavy atom. The molecule has 104 valence electrons. The molecule has 0 aliphatic carbocycles. The van der Waals surface area contributed by atoms with E-state index in [0.717, 1.165) is 11.1 Å².